The Balaban J connectivity index is 3.74. The lowest BCUT2D eigenvalue weighted by atomic mass is 10.8. The monoisotopic (exact) mass is 155 g/mol. The second kappa shape index (κ2) is 3.29. The van der Waals surface area contributed by atoms with Gasteiger partial charge < -0.3 is 14.9 Å². The van der Waals surface area contributed by atoms with Crippen LogP contribution in [0.4, 0.5) is 0 Å². The maximum atomic E-state index is 10.1. The van der Waals surface area contributed by atoms with Crippen molar-refractivity contribution in [3.05, 3.63) is 0 Å². The molecular formula is C3H10NO4P. The molecule has 0 aliphatic heterocycles. The highest BCUT2D eigenvalue weighted by Crippen LogP contribution is 2.37. The molecule has 0 fully saturated rings. The van der Waals surface area contributed by atoms with Crippen molar-refractivity contribution in [2.45, 2.75) is 12.9 Å². The lowest BCUT2D eigenvalue weighted by Crippen LogP contribution is -2.27. The van der Waals surface area contributed by atoms with Crippen molar-refractivity contribution in [1.82, 2.24) is 5.32 Å². The summed E-state index contributed by atoms with van der Waals surface area (Å²) in [5, 5.41) is 10.7. The van der Waals surface area contributed by atoms with Crippen molar-refractivity contribution in [3.63, 3.8) is 0 Å². The fourth-order valence-electron chi connectivity index (χ4n) is 0.301. The van der Waals surface area contributed by atoms with Crippen LogP contribution in [0.1, 0.15) is 6.92 Å². The molecule has 0 aromatic heterocycles. The first-order valence-electron chi connectivity index (χ1n) is 2.45. The summed E-state index contributed by atoms with van der Waals surface area (Å²) in [6.45, 7) is 1.96. The van der Waals surface area contributed by atoms with Crippen LogP contribution in [0.3, 0.4) is 0 Å². The van der Waals surface area contributed by atoms with Gasteiger partial charge in [-0.15, -0.1) is 0 Å². The van der Waals surface area contributed by atoms with Crippen LogP contribution in [-0.2, 0) is 4.57 Å². The molecule has 0 rings (SSSR count). The predicted octanol–water partition coefficient (Wildman–Crippen LogP) is -0.950. The number of rotatable bonds is 3. The van der Waals surface area contributed by atoms with E-state index in [0.29, 0.717) is 6.54 Å². The Morgan fingerprint density at radius 2 is 2.11 bits per heavy atom. The summed E-state index contributed by atoms with van der Waals surface area (Å²) in [5.74, 6) is -1.72. The zero-order valence-corrected chi connectivity index (χ0v) is 5.88. The molecule has 5 nitrogen and oxygen atoms in total. The van der Waals surface area contributed by atoms with E-state index in [1.165, 1.54) is 0 Å². The molecular weight excluding hydrogens is 145 g/mol. The van der Waals surface area contributed by atoms with E-state index in [-0.39, 0.29) is 0 Å². The van der Waals surface area contributed by atoms with E-state index in [4.69, 9.17) is 14.9 Å². The summed E-state index contributed by atoms with van der Waals surface area (Å²) in [6.07, 6.45) is 0. The summed E-state index contributed by atoms with van der Waals surface area (Å²) in [6, 6.07) is 0. The van der Waals surface area contributed by atoms with Crippen molar-refractivity contribution in [2.24, 2.45) is 0 Å². The minimum atomic E-state index is -4.33. The standard InChI is InChI=1S/C3H10NO4P/c1-2-4-3(5)9(6,7)8/h3-5H,2H2,1H3,(H2,6,7,8). The molecule has 56 valence electrons. The molecule has 1 atom stereocenters. The molecule has 0 amide bonds. The van der Waals surface area contributed by atoms with Crippen LogP contribution in [-0.4, -0.2) is 27.4 Å². The molecule has 9 heavy (non-hydrogen) atoms. The fourth-order valence-corrected chi connectivity index (χ4v) is 0.722. The van der Waals surface area contributed by atoms with Gasteiger partial charge in [0.15, 0.2) is 0 Å². The largest absolute Gasteiger partial charge is 0.368 e. The predicted molar refractivity (Wildman–Crippen MR) is 31.7 cm³/mol. The Morgan fingerprint density at radius 3 is 2.22 bits per heavy atom. The van der Waals surface area contributed by atoms with Crippen molar-refractivity contribution >= 4 is 7.60 Å². The normalized spacial score (nSPS) is 15.6. The highest BCUT2D eigenvalue weighted by molar-refractivity contribution is 7.52. The molecule has 0 aliphatic carbocycles. The smallest absolute Gasteiger partial charge is 0.368 e. The van der Waals surface area contributed by atoms with E-state index in [0.717, 1.165) is 0 Å². The number of nitrogens with one attached hydrogen (secondary N) is 1. The lowest BCUT2D eigenvalue weighted by molar-refractivity contribution is 0.173. The summed E-state index contributed by atoms with van der Waals surface area (Å²) in [4.78, 5) is 16.4. The van der Waals surface area contributed by atoms with Crippen LogP contribution < -0.4 is 5.32 Å². The molecule has 0 aromatic carbocycles. The van der Waals surface area contributed by atoms with Gasteiger partial charge in [0.25, 0.3) is 0 Å². The van der Waals surface area contributed by atoms with Crippen molar-refractivity contribution in [2.75, 3.05) is 6.54 Å². The van der Waals surface area contributed by atoms with Crippen molar-refractivity contribution in [3.8, 4) is 0 Å². The van der Waals surface area contributed by atoms with Gasteiger partial charge in [-0.2, -0.15) is 0 Å². The van der Waals surface area contributed by atoms with Gasteiger partial charge in [0.05, 0.1) is 0 Å². The first-order chi connectivity index (χ1) is 3.98. The first-order valence-corrected chi connectivity index (χ1v) is 4.13. The summed E-state index contributed by atoms with van der Waals surface area (Å²) in [7, 11) is -4.33. The van der Waals surface area contributed by atoms with E-state index in [1.54, 1.807) is 6.92 Å². The van der Waals surface area contributed by atoms with Gasteiger partial charge in [-0.1, -0.05) is 6.92 Å². The van der Waals surface area contributed by atoms with Crippen LogP contribution in [0.25, 0.3) is 0 Å². The topological polar surface area (TPSA) is 89.8 Å². The zero-order chi connectivity index (χ0) is 7.49. The number of aliphatic hydroxyl groups excluding tert-OH is 1. The van der Waals surface area contributed by atoms with Crippen LogP contribution >= 0.6 is 7.60 Å². The Morgan fingerprint density at radius 1 is 1.67 bits per heavy atom. The number of aliphatic hydroxyl groups is 1. The molecule has 0 aromatic rings. The highest BCUT2D eigenvalue weighted by atomic mass is 31.2. The maximum absolute atomic E-state index is 10.1. The molecule has 0 aliphatic rings. The van der Waals surface area contributed by atoms with Crippen molar-refractivity contribution in [1.29, 1.82) is 0 Å². The average Bonchev–Trinajstić information content (AvgIpc) is 1.64. The molecule has 6 heteroatoms. The first kappa shape index (κ1) is 9.07. The Labute approximate surface area is 52.9 Å². The minimum absolute atomic E-state index is 0.326. The number of hydrogen-bond acceptors (Lipinski definition) is 3. The second-order valence-corrected chi connectivity index (χ2v) is 3.19. The molecule has 0 spiro atoms. The van der Waals surface area contributed by atoms with E-state index < -0.39 is 13.6 Å². The van der Waals surface area contributed by atoms with Gasteiger partial charge in [-0.05, 0) is 6.54 Å². The molecule has 1 unspecified atom stereocenters. The van der Waals surface area contributed by atoms with E-state index >= 15 is 0 Å². The molecule has 4 N–H and O–H groups in total. The van der Waals surface area contributed by atoms with E-state index in [9.17, 15) is 4.57 Å². The summed E-state index contributed by atoms with van der Waals surface area (Å²) < 4.78 is 10.1. The molecule has 0 bridgehead atoms. The van der Waals surface area contributed by atoms with Gasteiger partial charge in [-0.25, -0.2) is 0 Å². The zero-order valence-electron chi connectivity index (χ0n) is 4.98. The Bertz CT molecular complexity index is 121. The van der Waals surface area contributed by atoms with E-state index in [1.807, 2.05) is 0 Å². The van der Waals surface area contributed by atoms with E-state index in [2.05, 4.69) is 5.32 Å². The Kier molecular flexibility index (Phi) is 3.32. The van der Waals surface area contributed by atoms with Crippen LogP contribution in [0, 0.1) is 0 Å². The second-order valence-electron chi connectivity index (χ2n) is 1.52. The van der Waals surface area contributed by atoms with Gasteiger partial charge in [-0.3, -0.25) is 9.88 Å². The molecule has 0 saturated heterocycles. The quantitative estimate of drug-likeness (QED) is 0.311. The maximum Gasteiger partial charge on any atom is 0.368 e. The minimum Gasteiger partial charge on any atom is -0.368 e. The van der Waals surface area contributed by atoms with Gasteiger partial charge in [0, 0.05) is 0 Å². The third kappa shape index (κ3) is 3.61. The lowest BCUT2D eigenvalue weighted by Gasteiger charge is -2.11. The highest BCUT2D eigenvalue weighted by Gasteiger charge is 2.24. The van der Waals surface area contributed by atoms with Crippen molar-refractivity contribution < 1.29 is 19.5 Å². The average molecular weight is 155 g/mol. The third-order valence-electron chi connectivity index (χ3n) is 0.705. The van der Waals surface area contributed by atoms with Crippen LogP contribution in [0.5, 0.6) is 0 Å². The van der Waals surface area contributed by atoms with Gasteiger partial charge in [0.2, 0.25) is 5.97 Å². The SMILES string of the molecule is CCNC(O)P(=O)(O)O. The molecule has 0 saturated carbocycles. The summed E-state index contributed by atoms with van der Waals surface area (Å²) >= 11 is 0. The third-order valence-corrected chi connectivity index (χ3v) is 1.53. The summed E-state index contributed by atoms with van der Waals surface area (Å²) in [5.41, 5.74) is 0. The Hall–Kier alpha value is 0.0700. The van der Waals surface area contributed by atoms with Crippen LogP contribution in [0.15, 0.2) is 0 Å². The van der Waals surface area contributed by atoms with Crippen LogP contribution in [0.2, 0.25) is 0 Å². The molecule has 0 heterocycles. The number of hydrogen-bond donors (Lipinski definition) is 4. The molecule has 0 radical (unpaired) electrons. The van der Waals surface area contributed by atoms with Gasteiger partial charge in [0.1, 0.15) is 0 Å². The fraction of sp³-hybridized carbons (Fsp3) is 1.00. The van der Waals surface area contributed by atoms with Gasteiger partial charge >= 0.3 is 7.60 Å².